The molecule has 3 nitrogen and oxygen atoms in total. The number of dihydropyridines is 1. The van der Waals surface area contributed by atoms with Crippen LogP contribution in [-0.4, -0.2) is 11.7 Å². The predicted molar refractivity (Wildman–Crippen MR) is 104 cm³/mol. The minimum Gasteiger partial charge on any atom is -0.343 e. The number of aryl methyl sites for hydroxylation is 4. The molecule has 3 rings (SSSR count). The first-order chi connectivity index (χ1) is 11.5. The maximum Gasteiger partial charge on any atom is 0.154 e. The highest BCUT2D eigenvalue weighted by atomic mass is 15.0. The van der Waals surface area contributed by atoms with Crippen molar-refractivity contribution in [3.8, 4) is 0 Å². The Balaban J connectivity index is 1.91. The van der Waals surface area contributed by atoms with Crippen LogP contribution in [0.2, 0.25) is 0 Å². The topological polar surface area (TPSA) is 36.8 Å². The van der Waals surface area contributed by atoms with E-state index < -0.39 is 0 Å². The lowest BCUT2D eigenvalue weighted by molar-refractivity contribution is 1.29. The molecular weight excluding hydrogens is 294 g/mol. The number of nitrogens with one attached hydrogen (secondary N) is 1. The van der Waals surface area contributed by atoms with E-state index >= 15 is 0 Å². The molecule has 0 fully saturated rings. The fourth-order valence-electron chi connectivity index (χ4n) is 2.89. The van der Waals surface area contributed by atoms with Crippen molar-refractivity contribution in [2.75, 3.05) is 5.32 Å². The first-order valence-electron chi connectivity index (χ1n) is 8.27. The minimum absolute atomic E-state index is 0.743. The number of rotatable bonds is 2. The van der Waals surface area contributed by atoms with Crippen LogP contribution in [0.5, 0.6) is 0 Å². The Morgan fingerprint density at radius 1 is 0.875 bits per heavy atom. The third-order valence-electron chi connectivity index (χ3n) is 4.24. The van der Waals surface area contributed by atoms with Gasteiger partial charge in [0.1, 0.15) is 5.84 Å². The second-order valence-electron chi connectivity index (χ2n) is 6.27. The van der Waals surface area contributed by atoms with Crippen LogP contribution in [0.4, 0.5) is 11.4 Å². The van der Waals surface area contributed by atoms with Gasteiger partial charge < -0.3 is 5.32 Å². The summed E-state index contributed by atoms with van der Waals surface area (Å²) in [6, 6.07) is 12.5. The number of aliphatic imine (C=N–C) groups is 2. The van der Waals surface area contributed by atoms with Gasteiger partial charge in [-0.1, -0.05) is 42.5 Å². The van der Waals surface area contributed by atoms with Crippen molar-refractivity contribution in [2.45, 2.75) is 34.1 Å². The first kappa shape index (κ1) is 16.2. The summed E-state index contributed by atoms with van der Waals surface area (Å²) in [5.74, 6) is 1.67. The molecule has 0 aromatic heterocycles. The molecule has 2 aromatic carbocycles. The number of benzene rings is 2. The summed E-state index contributed by atoms with van der Waals surface area (Å²) >= 11 is 0. The van der Waals surface area contributed by atoms with Crippen molar-refractivity contribution in [1.82, 2.24) is 0 Å². The minimum atomic E-state index is 0.743. The Morgan fingerprint density at radius 3 is 2.08 bits per heavy atom. The summed E-state index contributed by atoms with van der Waals surface area (Å²) < 4.78 is 0. The Labute approximate surface area is 143 Å². The number of hydrogen-bond donors (Lipinski definition) is 1. The van der Waals surface area contributed by atoms with Crippen LogP contribution >= 0.6 is 0 Å². The summed E-state index contributed by atoms with van der Waals surface area (Å²) in [4.78, 5) is 9.46. The van der Waals surface area contributed by atoms with Crippen molar-refractivity contribution in [2.24, 2.45) is 9.98 Å². The number of anilines is 1. The molecular formula is C21H23N3. The number of nitrogens with zero attached hydrogens (tertiary/aromatic N) is 2. The summed E-state index contributed by atoms with van der Waals surface area (Å²) in [7, 11) is 0. The van der Waals surface area contributed by atoms with E-state index in [-0.39, 0.29) is 0 Å². The average molecular weight is 317 g/mol. The second kappa shape index (κ2) is 6.83. The van der Waals surface area contributed by atoms with Gasteiger partial charge >= 0.3 is 0 Å². The SMILES string of the molecule is Cc1cccc(C)c1N=C1C=CCC(Nc2c(C)cccc2C)=N1. The Morgan fingerprint density at radius 2 is 1.46 bits per heavy atom. The molecule has 1 aliphatic rings. The van der Waals surface area contributed by atoms with Crippen LogP contribution < -0.4 is 5.32 Å². The van der Waals surface area contributed by atoms with E-state index in [1.165, 1.54) is 22.3 Å². The van der Waals surface area contributed by atoms with Crippen molar-refractivity contribution in [3.63, 3.8) is 0 Å². The molecule has 0 saturated heterocycles. The van der Waals surface area contributed by atoms with Crippen molar-refractivity contribution in [3.05, 3.63) is 70.8 Å². The van der Waals surface area contributed by atoms with E-state index in [4.69, 9.17) is 9.98 Å². The van der Waals surface area contributed by atoms with Gasteiger partial charge in [-0.2, -0.15) is 0 Å². The standard InChI is InChI=1S/C21H23N3/c1-14-8-5-9-15(2)20(14)23-18-12-7-13-19(22-18)24-21-16(3)10-6-11-17(21)4/h5-12H,13H2,1-4H3,(H,22,23,24). The maximum atomic E-state index is 4.76. The summed E-state index contributed by atoms with van der Waals surface area (Å²) in [6.45, 7) is 8.39. The van der Waals surface area contributed by atoms with Gasteiger partial charge in [0.25, 0.3) is 0 Å². The number of amidine groups is 2. The normalized spacial score (nSPS) is 15.5. The Bertz CT molecular complexity index is 817. The van der Waals surface area contributed by atoms with Crippen LogP contribution in [0.25, 0.3) is 0 Å². The van der Waals surface area contributed by atoms with Crippen LogP contribution in [0.15, 0.2) is 58.5 Å². The van der Waals surface area contributed by atoms with Crippen LogP contribution in [0.1, 0.15) is 28.7 Å². The Kier molecular flexibility index (Phi) is 4.61. The Hall–Kier alpha value is -2.68. The monoisotopic (exact) mass is 317 g/mol. The summed E-state index contributed by atoms with van der Waals surface area (Å²) in [6.07, 6.45) is 4.89. The molecule has 3 heteroatoms. The van der Waals surface area contributed by atoms with Gasteiger partial charge in [0, 0.05) is 12.1 Å². The predicted octanol–water partition coefficient (Wildman–Crippen LogP) is 5.42. The lowest BCUT2D eigenvalue weighted by Crippen LogP contribution is -2.17. The molecule has 1 aliphatic heterocycles. The fraction of sp³-hybridized carbons (Fsp3) is 0.238. The van der Waals surface area contributed by atoms with E-state index in [9.17, 15) is 0 Å². The van der Waals surface area contributed by atoms with Gasteiger partial charge in [-0.25, -0.2) is 9.98 Å². The quantitative estimate of drug-likeness (QED) is 0.788. The van der Waals surface area contributed by atoms with E-state index in [1.807, 2.05) is 6.08 Å². The molecule has 0 radical (unpaired) electrons. The molecule has 0 spiro atoms. The third-order valence-corrected chi connectivity index (χ3v) is 4.24. The zero-order chi connectivity index (χ0) is 17.1. The largest absolute Gasteiger partial charge is 0.343 e. The second-order valence-corrected chi connectivity index (χ2v) is 6.27. The molecule has 0 bridgehead atoms. The van der Waals surface area contributed by atoms with Gasteiger partial charge in [-0.3, -0.25) is 0 Å². The fourth-order valence-corrected chi connectivity index (χ4v) is 2.89. The number of hydrogen-bond acceptors (Lipinski definition) is 2. The molecule has 24 heavy (non-hydrogen) atoms. The first-order valence-corrected chi connectivity index (χ1v) is 8.27. The van der Waals surface area contributed by atoms with Crippen molar-refractivity contribution >= 4 is 23.0 Å². The molecule has 0 unspecified atom stereocenters. The highest BCUT2D eigenvalue weighted by molar-refractivity contribution is 6.11. The van der Waals surface area contributed by atoms with Crippen molar-refractivity contribution in [1.29, 1.82) is 0 Å². The van der Waals surface area contributed by atoms with E-state index in [1.54, 1.807) is 0 Å². The van der Waals surface area contributed by atoms with Crippen molar-refractivity contribution < 1.29 is 0 Å². The third kappa shape index (κ3) is 3.46. The molecule has 0 atom stereocenters. The smallest absolute Gasteiger partial charge is 0.154 e. The molecule has 0 saturated carbocycles. The van der Waals surface area contributed by atoms with Crippen LogP contribution in [-0.2, 0) is 0 Å². The van der Waals surface area contributed by atoms with Gasteiger partial charge in [0.05, 0.1) is 5.69 Å². The lowest BCUT2D eigenvalue weighted by atomic mass is 10.1. The average Bonchev–Trinajstić information content (AvgIpc) is 2.55. The molecule has 1 heterocycles. The van der Waals surface area contributed by atoms with Gasteiger partial charge in [0.15, 0.2) is 5.84 Å². The van der Waals surface area contributed by atoms with Crippen LogP contribution in [0.3, 0.4) is 0 Å². The molecule has 122 valence electrons. The van der Waals surface area contributed by atoms with E-state index in [0.717, 1.165) is 29.5 Å². The van der Waals surface area contributed by atoms with E-state index in [0.29, 0.717) is 0 Å². The van der Waals surface area contributed by atoms with E-state index in [2.05, 4.69) is 75.5 Å². The summed E-state index contributed by atoms with van der Waals surface area (Å²) in [5.41, 5.74) is 6.93. The highest BCUT2D eigenvalue weighted by Gasteiger charge is 2.10. The summed E-state index contributed by atoms with van der Waals surface area (Å²) in [5, 5.41) is 3.48. The van der Waals surface area contributed by atoms with Crippen LogP contribution in [0, 0.1) is 27.7 Å². The van der Waals surface area contributed by atoms with Gasteiger partial charge in [-0.05, 0) is 56.0 Å². The molecule has 2 aromatic rings. The van der Waals surface area contributed by atoms with Gasteiger partial charge in [-0.15, -0.1) is 0 Å². The highest BCUT2D eigenvalue weighted by Crippen LogP contribution is 2.24. The van der Waals surface area contributed by atoms with Gasteiger partial charge in [0.2, 0.25) is 0 Å². The zero-order valence-corrected chi connectivity index (χ0v) is 14.7. The lowest BCUT2D eigenvalue weighted by Gasteiger charge is -2.16. The molecule has 1 N–H and O–H groups in total. The molecule has 0 amide bonds. The maximum absolute atomic E-state index is 4.76. The zero-order valence-electron chi connectivity index (χ0n) is 14.7. The molecule has 0 aliphatic carbocycles. The number of para-hydroxylation sites is 2.